The van der Waals surface area contributed by atoms with Crippen LogP contribution in [0.5, 0.6) is 0 Å². The van der Waals surface area contributed by atoms with Crippen molar-refractivity contribution in [2.75, 3.05) is 15.1 Å². The number of anilines is 3. The van der Waals surface area contributed by atoms with E-state index in [1.807, 2.05) is 6.07 Å². The van der Waals surface area contributed by atoms with E-state index in [-0.39, 0.29) is 22.3 Å². The minimum atomic E-state index is -1.30. The van der Waals surface area contributed by atoms with Crippen LogP contribution in [-0.4, -0.2) is 36.4 Å². The van der Waals surface area contributed by atoms with E-state index in [0.29, 0.717) is 35.6 Å². The van der Waals surface area contributed by atoms with Gasteiger partial charge in [0.2, 0.25) is 0 Å². The molecule has 1 aromatic carbocycles. The quantitative estimate of drug-likeness (QED) is 0.413. The molecule has 1 saturated heterocycles. The molecule has 1 spiro atoms. The number of carbonyl (C=O) groups excluding carboxylic acids is 1. The Bertz CT molecular complexity index is 1390. The van der Waals surface area contributed by atoms with Crippen LogP contribution in [0.25, 0.3) is 0 Å². The van der Waals surface area contributed by atoms with Gasteiger partial charge in [0.15, 0.2) is 11.3 Å². The van der Waals surface area contributed by atoms with Crippen molar-refractivity contribution in [1.29, 1.82) is 5.26 Å². The third kappa shape index (κ3) is 3.53. The maximum Gasteiger partial charge on any atom is 0.259 e. The normalized spacial score (nSPS) is 17.5. The Balaban J connectivity index is 1.48. The zero-order chi connectivity index (χ0) is 24.9. The van der Waals surface area contributed by atoms with Gasteiger partial charge < -0.3 is 15.3 Å². The molecule has 1 atom stereocenters. The van der Waals surface area contributed by atoms with E-state index in [1.165, 1.54) is 27.9 Å². The van der Waals surface area contributed by atoms with Crippen molar-refractivity contribution >= 4 is 40.4 Å². The number of pyridine rings is 1. The monoisotopic (exact) mass is 491 g/mol. The third-order valence-corrected chi connectivity index (χ3v) is 7.03. The number of hydrogen-bond donors (Lipinski definition) is 2. The van der Waals surface area contributed by atoms with E-state index in [1.54, 1.807) is 43.3 Å². The van der Waals surface area contributed by atoms with Crippen LogP contribution < -0.4 is 15.1 Å². The number of halogens is 1. The van der Waals surface area contributed by atoms with Crippen molar-refractivity contribution in [3.8, 4) is 6.07 Å². The fourth-order valence-electron chi connectivity index (χ4n) is 4.62. The van der Waals surface area contributed by atoms with E-state index >= 15 is 4.39 Å². The lowest BCUT2D eigenvalue weighted by Gasteiger charge is -2.43. The summed E-state index contributed by atoms with van der Waals surface area (Å²) in [6.45, 7) is 1.74. The van der Waals surface area contributed by atoms with Crippen molar-refractivity contribution < 1.29 is 14.3 Å². The van der Waals surface area contributed by atoms with E-state index in [4.69, 9.17) is 12.2 Å². The van der Waals surface area contributed by atoms with Gasteiger partial charge in [-0.3, -0.25) is 14.4 Å². The molecular weight excluding hydrogens is 469 g/mol. The van der Waals surface area contributed by atoms with Gasteiger partial charge in [-0.25, -0.2) is 9.37 Å². The summed E-state index contributed by atoms with van der Waals surface area (Å²) in [4.78, 5) is 20.9. The first-order valence-corrected chi connectivity index (χ1v) is 11.5. The smallest absolute Gasteiger partial charge is 0.259 e. The van der Waals surface area contributed by atoms with Gasteiger partial charge in [-0.05, 0) is 68.2 Å². The maximum atomic E-state index is 15.2. The highest BCUT2D eigenvalue weighted by molar-refractivity contribution is 7.81. The first-order chi connectivity index (χ1) is 16.8. The summed E-state index contributed by atoms with van der Waals surface area (Å²) in [6.07, 6.45) is 3.73. The Morgan fingerprint density at radius 1 is 1.29 bits per heavy atom. The van der Waals surface area contributed by atoms with Gasteiger partial charge in [-0.2, -0.15) is 10.4 Å². The highest BCUT2D eigenvalue weighted by Gasteiger charge is 2.59. The Morgan fingerprint density at radius 2 is 2.06 bits per heavy atom. The first kappa shape index (κ1) is 22.9. The van der Waals surface area contributed by atoms with Crippen LogP contribution in [0.1, 0.15) is 42.3 Å². The fraction of sp³-hybridized carbons (Fsp3) is 0.292. The van der Waals surface area contributed by atoms with Crippen molar-refractivity contribution in [2.24, 2.45) is 7.05 Å². The number of carbonyl (C=O) groups is 1. The molecule has 1 saturated carbocycles. The van der Waals surface area contributed by atoms with Crippen molar-refractivity contribution in [2.45, 2.75) is 38.0 Å². The second-order valence-corrected chi connectivity index (χ2v) is 9.07. The number of benzene rings is 1. The average molecular weight is 492 g/mol. The molecule has 178 valence electrons. The summed E-state index contributed by atoms with van der Waals surface area (Å²) in [5.74, 6) is -0.298. The summed E-state index contributed by atoms with van der Waals surface area (Å²) in [5, 5.41) is 26.8. The molecule has 1 aliphatic heterocycles. The Morgan fingerprint density at radius 3 is 2.63 bits per heavy atom. The van der Waals surface area contributed by atoms with E-state index in [9.17, 15) is 15.2 Å². The molecule has 11 heteroatoms. The lowest BCUT2D eigenvalue weighted by Crippen LogP contribution is -2.55. The highest BCUT2D eigenvalue weighted by atomic mass is 32.1. The number of nitriles is 1. The molecular formula is C24H22FN7O2S. The molecule has 5 rings (SSSR count). The lowest BCUT2D eigenvalue weighted by molar-refractivity contribution is -0.123. The Kier molecular flexibility index (Phi) is 5.50. The summed E-state index contributed by atoms with van der Waals surface area (Å²) < 4.78 is 16.7. The zero-order valence-electron chi connectivity index (χ0n) is 19.1. The molecule has 0 bridgehead atoms. The third-order valence-electron chi connectivity index (χ3n) is 6.66. The molecule has 2 fully saturated rings. The van der Waals surface area contributed by atoms with Gasteiger partial charge in [0.25, 0.3) is 5.91 Å². The molecule has 2 aromatic heterocycles. The summed E-state index contributed by atoms with van der Waals surface area (Å²) in [6, 6.07) is 9.80. The van der Waals surface area contributed by atoms with Gasteiger partial charge >= 0.3 is 0 Å². The zero-order valence-corrected chi connectivity index (χ0v) is 19.9. The SMILES string of the molecule is Cc1cc(N2C(=O)C3(CCC3)N(c3ccc(C(O)Nc4ccnn4C)c(F)c3)C2=S)cnc1C#N. The van der Waals surface area contributed by atoms with Gasteiger partial charge in [0.05, 0.1) is 18.1 Å². The molecule has 9 nitrogen and oxygen atoms in total. The van der Waals surface area contributed by atoms with Crippen molar-refractivity contribution in [3.05, 3.63) is 65.4 Å². The molecule has 0 radical (unpaired) electrons. The van der Waals surface area contributed by atoms with Crippen molar-refractivity contribution in [3.63, 3.8) is 0 Å². The van der Waals surface area contributed by atoms with Gasteiger partial charge in [0, 0.05) is 24.4 Å². The summed E-state index contributed by atoms with van der Waals surface area (Å²) >= 11 is 5.72. The average Bonchev–Trinajstić information content (AvgIpc) is 3.30. The Hall–Kier alpha value is -3.88. The molecule has 1 amide bonds. The van der Waals surface area contributed by atoms with Crippen LogP contribution in [0, 0.1) is 24.1 Å². The second-order valence-electron chi connectivity index (χ2n) is 8.71. The molecule has 35 heavy (non-hydrogen) atoms. The van der Waals surface area contributed by atoms with Crippen LogP contribution in [-0.2, 0) is 11.8 Å². The first-order valence-electron chi connectivity index (χ1n) is 11.0. The molecule has 1 aliphatic carbocycles. The van der Waals surface area contributed by atoms with E-state index in [0.717, 1.165) is 6.42 Å². The number of aliphatic hydroxyl groups excluding tert-OH is 1. The fourth-order valence-corrected chi connectivity index (χ4v) is 5.09. The minimum absolute atomic E-state index is 0.0535. The van der Waals surface area contributed by atoms with E-state index < -0.39 is 17.6 Å². The molecule has 2 aliphatic rings. The van der Waals surface area contributed by atoms with Crippen LogP contribution in [0.3, 0.4) is 0 Å². The summed E-state index contributed by atoms with van der Waals surface area (Å²) in [7, 11) is 1.70. The largest absolute Gasteiger partial charge is 0.369 e. The number of hydrogen-bond acceptors (Lipinski definition) is 7. The van der Waals surface area contributed by atoms with E-state index in [2.05, 4.69) is 15.4 Å². The maximum absolute atomic E-state index is 15.2. The van der Waals surface area contributed by atoms with Gasteiger partial charge in [-0.1, -0.05) is 0 Å². The number of rotatable bonds is 5. The molecule has 3 heterocycles. The van der Waals surface area contributed by atoms with Crippen LogP contribution in [0.4, 0.5) is 21.6 Å². The number of aryl methyl sites for hydroxylation is 2. The number of nitrogens with zero attached hydrogens (tertiary/aromatic N) is 6. The number of aromatic nitrogens is 3. The molecule has 1 unspecified atom stereocenters. The van der Waals surface area contributed by atoms with Gasteiger partial charge in [-0.15, -0.1) is 0 Å². The van der Waals surface area contributed by atoms with Gasteiger partial charge in [0.1, 0.15) is 28.9 Å². The molecule has 2 N–H and O–H groups in total. The lowest BCUT2D eigenvalue weighted by atomic mass is 9.75. The van der Waals surface area contributed by atoms with Crippen LogP contribution in [0.2, 0.25) is 0 Å². The number of aliphatic hydroxyl groups is 1. The Labute approximate surface area is 206 Å². The predicted octanol–water partition coefficient (Wildman–Crippen LogP) is 3.30. The predicted molar refractivity (Wildman–Crippen MR) is 131 cm³/mol. The topological polar surface area (TPSA) is 110 Å². The number of thiocarbonyl (C=S) groups is 1. The minimum Gasteiger partial charge on any atom is -0.369 e. The summed E-state index contributed by atoms with van der Waals surface area (Å²) in [5.41, 5.74) is 0.969. The van der Waals surface area contributed by atoms with Crippen LogP contribution >= 0.6 is 12.2 Å². The highest BCUT2D eigenvalue weighted by Crippen LogP contribution is 2.48. The number of nitrogens with one attached hydrogen (secondary N) is 1. The second kappa shape index (κ2) is 8.41. The van der Waals surface area contributed by atoms with Crippen molar-refractivity contribution in [1.82, 2.24) is 14.8 Å². The molecule has 3 aromatic rings. The van der Waals surface area contributed by atoms with Crippen LogP contribution in [0.15, 0.2) is 42.7 Å². The standard InChI is InChI=1S/C24H22FN7O2S/c1-14-10-16(13-27-19(14)12-26)31-22(34)24(7-3-8-24)32(23(31)35)15-4-5-17(18(25)11-15)21(33)29-20-6-9-28-30(20)2/h4-6,9-11,13,21,29,33H,3,7-8H2,1-2H3. The number of amides is 1.